The molecule has 0 aliphatic heterocycles. The highest BCUT2D eigenvalue weighted by atomic mass is 16.6. The smallest absolute Gasteiger partial charge is 0.410 e. The first kappa shape index (κ1) is 22.8. The number of amides is 1. The van der Waals surface area contributed by atoms with E-state index < -0.39 is 17.8 Å². The van der Waals surface area contributed by atoms with Gasteiger partial charge in [0.25, 0.3) is 0 Å². The lowest BCUT2D eigenvalue weighted by atomic mass is 10.2. The Morgan fingerprint density at radius 1 is 1.11 bits per heavy atom. The molecule has 27 heavy (non-hydrogen) atoms. The molecule has 0 spiro atoms. The number of carbonyl (C=O) groups excluding carboxylic acids is 2. The summed E-state index contributed by atoms with van der Waals surface area (Å²) in [5.41, 5.74) is -0.603. The van der Waals surface area contributed by atoms with Crippen LogP contribution in [0.4, 0.5) is 4.79 Å². The number of nitrogens with zero attached hydrogens (tertiary/aromatic N) is 1. The van der Waals surface area contributed by atoms with Crippen LogP contribution in [0.5, 0.6) is 11.5 Å². The maximum atomic E-state index is 12.3. The van der Waals surface area contributed by atoms with Crippen LogP contribution >= 0.6 is 0 Å². The number of rotatable bonds is 8. The molecule has 1 aromatic rings. The molecule has 0 heterocycles. The average Bonchev–Trinajstić information content (AvgIpc) is 2.57. The van der Waals surface area contributed by atoms with Crippen molar-refractivity contribution in [2.75, 3.05) is 13.2 Å². The van der Waals surface area contributed by atoms with Gasteiger partial charge in [-0.2, -0.15) is 0 Å². The fourth-order valence-corrected chi connectivity index (χ4v) is 2.10. The highest BCUT2D eigenvalue weighted by Crippen LogP contribution is 2.18. The second-order valence-electron chi connectivity index (χ2n) is 7.49. The quantitative estimate of drug-likeness (QED) is 0.549. The largest absolute Gasteiger partial charge is 0.491 e. The maximum absolute atomic E-state index is 12.3. The minimum Gasteiger partial charge on any atom is -0.491 e. The van der Waals surface area contributed by atoms with E-state index in [1.807, 2.05) is 13.8 Å². The van der Waals surface area contributed by atoms with E-state index in [1.165, 1.54) is 4.90 Å². The fourth-order valence-electron chi connectivity index (χ4n) is 2.10. The van der Waals surface area contributed by atoms with Gasteiger partial charge in [-0.1, -0.05) is 6.92 Å². The Morgan fingerprint density at radius 2 is 1.67 bits per heavy atom. The topological polar surface area (TPSA) is 85.3 Å². The van der Waals surface area contributed by atoms with E-state index in [-0.39, 0.29) is 25.2 Å². The van der Waals surface area contributed by atoms with Crippen LogP contribution in [0.3, 0.4) is 0 Å². The highest BCUT2D eigenvalue weighted by Gasteiger charge is 2.26. The van der Waals surface area contributed by atoms with Gasteiger partial charge in [-0.25, -0.2) is 4.79 Å². The van der Waals surface area contributed by atoms with Crippen LogP contribution in [0.25, 0.3) is 0 Å². The molecular formula is C20H31NO6. The van der Waals surface area contributed by atoms with Gasteiger partial charge in [0, 0.05) is 12.5 Å². The third-order valence-corrected chi connectivity index (χ3v) is 3.45. The number of benzene rings is 1. The lowest BCUT2D eigenvalue weighted by Crippen LogP contribution is -2.46. The third-order valence-electron chi connectivity index (χ3n) is 3.45. The van der Waals surface area contributed by atoms with Crippen molar-refractivity contribution in [1.82, 2.24) is 4.90 Å². The van der Waals surface area contributed by atoms with Crippen LogP contribution in [0, 0.1) is 0 Å². The van der Waals surface area contributed by atoms with E-state index in [0.29, 0.717) is 17.9 Å². The van der Waals surface area contributed by atoms with Gasteiger partial charge in [0.15, 0.2) is 0 Å². The Kier molecular flexibility index (Phi) is 8.56. The monoisotopic (exact) mass is 381 g/mol. The number of esters is 1. The number of hydrogen-bond donors (Lipinski definition) is 1. The minimum atomic E-state index is -0.877. The Morgan fingerprint density at radius 3 is 2.15 bits per heavy atom. The van der Waals surface area contributed by atoms with Crippen LogP contribution in [0.2, 0.25) is 0 Å². The molecule has 1 atom stereocenters. The maximum Gasteiger partial charge on any atom is 0.410 e. The van der Waals surface area contributed by atoms with Crippen LogP contribution in [-0.4, -0.2) is 53.0 Å². The van der Waals surface area contributed by atoms with Crippen molar-refractivity contribution in [1.29, 1.82) is 0 Å². The predicted octanol–water partition coefficient (Wildman–Crippen LogP) is 3.39. The van der Waals surface area contributed by atoms with Crippen LogP contribution in [0.15, 0.2) is 24.3 Å². The molecule has 0 saturated carbocycles. The summed E-state index contributed by atoms with van der Waals surface area (Å²) in [6, 6.07) is 6.42. The summed E-state index contributed by atoms with van der Waals surface area (Å²) in [4.78, 5) is 25.0. The number of carbonyl (C=O) groups is 2. The molecule has 1 rings (SSSR count). The first-order valence-electron chi connectivity index (χ1n) is 9.13. The standard InChI is InChI=1S/C20H31NO6/c1-7-18(23)26-17-10-8-16(9-11-17)25-13-15(22)12-21(14(2)3)19(24)27-20(4,5)6/h8-11,14-15,22H,7,12-13H2,1-6H3. The summed E-state index contributed by atoms with van der Waals surface area (Å²) in [5, 5.41) is 10.2. The van der Waals surface area contributed by atoms with E-state index in [1.54, 1.807) is 52.0 Å². The first-order valence-corrected chi connectivity index (χ1v) is 9.13. The van der Waals surface area contributed by atoms with Crippen LogP contribution < -0.4 is 9.47 Å². The van der Waals surface area contributed by atoms with Crippen molar-refractivity contribution >= 4 is 12.1 Å². The fraction of sp³-hybridized carbons (Fsp3) is 0.600. The second kappa shape index (κ2) is 10.2. The van der Waals surface area contributed by atoms with E-state index in [9.17, 15) is 14.7 Å². The number of aliphatic hydroxyl groups excluding tert-OH is 1. The molecule has 0 aliphatic rings. The van der Waals surface area contributed by atoms with Crippen molar-refractivity contribution in [2.24, 2.45) is 0 Å². The Hall–Kier alpha value is -2.28. The summed E-state index contributed by atoms with van der Waals surface area (Å²) in [6.45, 7) is 10.9. The molecule has 1 unspecified atom stereocenters. The molecule has 0 radical (unpaired) electrons. The summed E-state index contributed by atoms with van der Waals surface area (Å²) in [5.74, 6) is 0.652. The first-order chi connectivity index (χ1) is 12.5. The molecule has 0 fully saturated rings. The van der Waals surface area contributed by atoms with Gasteiger partial charge in [0.05, 0.1) is 6.54 Å². The van der Waals surface area contributed by atoms with Gasteiger partial charge in [0.2, 0.25) is 0 Å². The Labute approximate surface area is 161 Å². The molecule has 152 valence electrons. The van der Waals surface area contributed by atoms with Crippen LogP contribution in [0.1, 0.15) is 48.0 Å². The van der Waals surface area contributed by atoms with Crippen molar-refractivity contribution < 1.29 is 28.9 Å². The second-order valence-corrected chi connectivity index (χ2v) is 7.49. The third kappa shape index (κ3) is 8.77. The molecule has 0 aromatic heterocycles. The van der Waals surface area contributed by atoms with Crippen molar-refractivity contribution in [2.45, 2.75) is 65.7 Å². The van der Waals surface area contributed by atoms with E-state index in [0.717, 1.165) is 0 Å². The van der Waals surface area contributed by atoms with Crippen molar-refractivity contribution in [3.8, 4) is 11.5 Å². The van der Waals surface area contributed by atoms with E-state index in [4.69, 9.17) is 14.2 Å². The summed E-state index contributed by atoms with van der Waals surface area (Å²) in [6.07, 6.45) is -1.05. The zero-order valence-electron chi connectivity index (χ0n) is 17.0. The molecule has 7 heteroatoms. The predicted molar refractivity (Wildman–Crippen MR) is 102 cm³/mol. The van der Waals surface area contributed by atoms with Crippen LogP contribution in [-0.2, 0) is 9.53 Å². The Bertz CT molecular complexity index is 606. The molecule has 0 bridgehead atoms. The number of hydrogen-bond acceptors (Lipinski definition) is 6. The van der Waals surface area contributed by atoms with Gasteiger partial charge >= 0.3 is 12.1 Å². The molecule has 7 nitrogen and oxygen atoms in total. The minimum absolute atomic E-state index is 0.0140. The molecule has 1 N–H and O–H groups in total. The Balaban J connectivity index is 2.56. The summed E-state index contributed by atoms with van der Waals surface area (Å²) >= 11 is 0. The van der Waals surface area contributed by atoms with Gasteiger partial charge in [-0.15, -0.1) is 0 Å². The lowest BCUT2D eigenvalue weighted by Gasteiger charge is -2.31. The normalized spacial score (nSPS) is 12.4. The van der Waals surface area contributed by atoms with Gasteiger partial charge in [0.1, 0.15) is 29.8 Å². The van der Waals surface area contributed by atoms with Gasteiger partial charge in [-0.05, 0) is 58.9 Å². The molecule has 1 amide bonds. The molecule has 1 aromatic carbocycles. The van der Waals surface area contributed by atoms with Gasteiger partial charge < -0.3 is 24.2 Å². The van der Waals surface area contributed by atoms with Crippen molar-refractivity contribution in [3.05, 3.63) is 24.3 Å². The van der Waals surface area contributed by atoms with E-state index in [2.05, 4.69) is 0 Å². The summed E-state index contributed by atoms with van der Waals surface area (Å²) < 4.78 is 16.0. The number of ether oxygens (including phenoxy) is 3. The lowest BCUT2D eigenvalue weighted by molar-refractivity contribution is -0.134. The van der Waals surface area contributed by atoms with Gasteiger partial charge in [-0.3, -0.25) is 4.79 Å². The van der Waals surface area contributed by atoms with E-state index >= 15 is 0 Å². The zero-order valence-corrected chi connectivity index (χ0v) is 17.0. The molecular weight excluding hydrogens is 350 g/mol. The molecule has 0 saturated heterocycles. The number of aliphatic hydroxyl groups is 1. The highest BCUT2D eigenvalue weighted by molar-refractivity contribution is 5.71. The summed E-state index contributed by atoms with van der Waals surface area (Å²) in [7, 11) is 0. The average molecular weight is 381 g/mol. The zero-order chi connectivity index (χ0) is 20.6. The molecule has 0 aliphatic carbocycles. The SMILES string of the molecule is CCC(=O)Oc1ccc(OCC(O)CN(C(=O)OC(C)(C)C)C(C)C)cc1. The van der Waals surface area contributed by atoms with Crippen molar-refractivity contribution in [3.63, 3.8) is 0 Å².